The van der Waals surface area contributed by atoms with E-state index in [-0.39, 0.29) is 34.7 Å². The van der Waals surface area contributed by atoms with Gasteiger partial charge in [0.05, 0.1) is 11.4 Å². The van der Waals surface area contributed by atoms with Crippen LogP contribution in [-0.4, -0.2) is 80.2 Å². The highest BCUT2D eigenvalue weighted by Crippen LogP contribution is 2.33. The predicted octanol–water partition coefficient (Wildman–Crippen LogP) is 5.41. The minimum absolute atomic E-state index is 0.0985. The van der Waals surface area contributed by atoms with Crippen LogP contribution in [0, 0.1) is 18.8 Å². The predicted molar refractivity (Wildman–Crippen MR) is 200 cm³/mol. The van der Waals surface area contributed by atoms with E-state index in [0.29, 0.717) is 3.57 Å². The van der Waals surface area contributed by atoms with E-state index in [0.717, 1.165) is 39.1 Å². The van der Waals surface area contributed by atoms with Crippen LogP contribution < -0.4 is 15.5 Å². The molecule has 4 N–H and O–H groups in total. The Balaban J connectivity index is 0.000000374. The third-order valence-corrected chi connectivity index (χ3v) is 7.30. The molecule has 288 valence electrons. The second-order valence-electron chi connectivity index (χ2n) is 10.8. The SMILES string of the molecule is CC(=O)Cl.CC(=O)OC(C)=O.O=C(Nc1ccc(I)cc1F)NC1CC1.O=C(O)CC(=O)O.O=C1CC(=O)N(C2CC2)C(=O)N1c1ccc(I)cc1F. The molecule has 3 aliphatic rings. The normalized spacial score (nSPS) is 14.2. The van der Waals surface area contributed by atoms with Gasteiger partial charge in [-0.05, 0) is 119 Å². The molecule has 1 saturated heterocycles. The van der Waals surface area contributed by atoms with Crippen LogP contribution in [0.25, 0.3) is 0 Å². The Morgan fingerprint density at radius 2 is 1.32 bits per heavy atom. The number of hydrogen-bond acceptors (Lipinski definition) is 10. The number of nitrogens with zero attached hydrogens (tertiary/aromatic N) is 2. The van der Waals surface area contributed by atoms with Crippen molar-refractivity contribution in [2.75, 3.05) is 10.2 Å². The number of carboxylic acid groups (broad SMARTS) is 2. The highest BCUT2D eigenvalue weighted by atomic mass is 127. The number of barbiturate groups is 1. The van der Waals surface area contributed by atoms with Gasteiger partial charge in [0, 0.05) is 40.0 Å². The zero-order valence-electron chi connectivity index (χ0n) is 28.1. The van der Waals surface area contributed by atoms with Crippen LogP contribution in [0.3, 0.4) is 0 Å². The highest BCUT2D eigenvalue weighted by Gasteiger charge is 2.46. The quantitative estimate of drug-likeness (QED) is 0.123. The summed E-state index contributed by atoms with van der Waals surface area (Å²) >= 11 is 8.59. The molecular weight excluding hydrogens is 960 g/mol. The fourth-order valence-corrected chi connectivity index (χ4v) is 4.61. The molecule has 0 unspecified atom stereocenters. The summed E-state index contributed by atoms with van der Waals surface area (Å²) in [6.07, 6.45) is 2.32. The Morgan fingerprint density at radius 1 is 0.830 bits per heavy atom. The van der Waals surface area contributed by atoms with Crippen molar-refractivity contribution in [2.45, 2.75) is 71.4 Å². The van der Waals surface area contributed by atoms with E-state index in [1.165, 1.54) is 39.0 Å². The summed E-state index contributed by atoms with van der Waals surface area (Å²) in [7, 11) is 0. The summed E-state index contributed by atoms with van der Waals surface area (Å²) in [6.45, 7) is 3.66. The smallest absolute Gasteiger partial charge is 0.338 e. The van der Waals surface area contributed by atoms with Gasteiger partial charge in [-0.1, -0.05) is 0 Å². The molecule has 0 radical (unpaired) electrons. The number of urea groups is 2. The molecule has 21 heteroatoms. The number of carbonyl (C=O) groups excluding carboxylic acids is 7. The van der Waals surface area contributed by atoms with Gasteiger partial charge < -0.3 is 25.6 Å². The third-order valence-electron chi connectivity index (χ3n) is 5.96. The van der Waals surface area contributed by atoms with E-state index in [1.807, 2.05) is 45.2 Å². The fourth-order valence-electron chi connectivity index (χ4n) is 3.70. The lowest BCUT2D eigenvalue weighted by atomic mass is 10.2. The molecule has 0 aromatic heterocycles. The third kappa shape index (κ3) is 19.4. The number of esters is 2. The van der Waals surface area contributed by atoms with E-state index in [4.69, 9.17) is 10.2 Å². The van der Waals surface area contributed by atoms with Crippen molar-refractivity contribution in [3.05, 3.63) is 55.2 Å². The van der Waals surface area contributed by atoms with E-state index >= 15 is 0 Å². The van der Waals surface area contributed by atoms with Crippen molar-refractivity contribution in [3.63, 3.8) is 0 Å². The number of carbonyl (C=O) groups is 9. The Hall–Kier alpha value is -4.32. The van der Waals surface area contributed by atoms with Crippen LogP contribution in [0.5, 0.6) is 0 Å². The monoisotopic (exact) mass is 992 g/mol. The van der Waals surface area contributed by atoms with Crippen molar-refractivity contribution in [2.24, 2.45) is 0 Å². The van der Waals surface area contributed by atoms with Gasteiger partial charge in [-0.25, -0.2) is 23.3 Å². The van der Waals surface area contributed by atoms with Crippen LogP contribution in [0.15, 0.2) is 36.4 Å². The summed E-state index contributed by atoms with van der Waals surface area (Å²) in [6, 6.07) is 7.98. The average molecular weight is 993 g/mol. The van der Waals surface area contributed by atoms with Gasteiger partial charge >= 0.3 is 35.9 Å². The van der Waals surface area contributed by atoms with E-state index < -0.39 is 66.2 Å². The molecule has 1 aliphatic heterocycles. The first-order chi connectivity index (χ1) is 24.6. The van der Waals surface area contributed by atoms with Gasteiger partial charge in [0.25, 0.3) is 0 Å². The number of benzene rings is 2. The lowest BCUT2D eigenvalue weighted by molar-refractivity contribution is -0.156. The minimum Gasteiger partial charge on any atom is -0.481 e. The molecule has 2 aliphatic carbocycles. The number of hydrogen-bond donors (Lipinski definition) is 4. The Kier molecular flexibility index (Phi) is 20.0. The van der Waals surface area contributed by atoms with Gasteiger partial charge in [-0.2, -0.15) is 0 Å². The first kappa shape index (κ1) is 46.7. The zero-order chi connectivity index (χ0) is 40.6. The van der Waals surface area contributed by atoms with Crippen molar-refractivity contribution in [3.8, 4) is 0 Å². The van der Waals surface area contributed by atoms with Crippen LogP contribution in [0.2, 0.25) is 0 Å². The van der Waals surface area contributed by atoms with Crippen molar-refractivity contribution < 1.29 is 66.9 Å². The molecule has 0 bridgehead atoms. The van der Waals surface area contributed by atoms with Crippen LogP contribution >= 0.6 is 56.8 Å². The summed E-state index contributed by atoms with van der Waals surface area (Å²) < 4.78 is 32.7. The highest BCUT2D eigenvalue weighted by molar-refractivity contribution is 14.1. The molecule has 5 rings (SSSR count). The van der Waals surface area contributed by atoms with Gasteiger partial charge in [0.2, 0.25) is 17.1 Å². The van der Waals surface area contributed by atoms with Crippen LogP contribution in [0.1, 0.15) is 59.3 Å². The Bertz CT molecular complexity index is 1690. The first-order valence-corrected chi connectivity index (χ1v) is 17.6. The second-order valence-corrected chi connectivity index (χ2v) is 13.8. The topological polar surface area (TPSA) is 234 Å². The summed E-state index contributed by atoms with van der Waals surface area (Å²) in [5, 5.41) is 20.3. The average Bonchev–Trinajstić information content (AvgIpc) is 3.92. The number of carboxylic acids is 2. The van der Waals surface area contributed by atoms with Crippen LogP contribution in [0.4, 0.5) is 29.7 Å². The van der Waals surface area contributed by atoms with E-state index in [9.17, 15) is 51.9 Å². The lowest BCUT2D eigenvalue weighted by Crippen LogP contribution is -2.56. The molecule has 1 heterocycles. The van der Waals surface area contributed by atoms with Gasteiger partial charge in [0.15, 0.2) is 0 Å². The number of imide groups is 2. The molecular formula is C32H33ClF2I2N4O12. The van der Waals surface area contributed by atoms with Crippen molar-refractivity contribution in [1.82, 2.24) is 10.2 Å². The number of aliphatic carboxylic acids is 2. The zero-order valence-corrected chi connectivity index (χ0v) is 33.2. The lowest BCUT2D eigenvalue weighted by Gasteiger charge is -2.32. The van der Waals surface area contributed by atoms with Gasteiger partial charge in [0.1, 0.15) is 24.5 Å². The second kappa shape index (κ2) is 22.7. The molecule has 53 heavy (non-hydrogen) atoms. The van der Waals surface area contributed by atoms with Crippen molar-refractivity contribution in [1.29, 1.82) is 0 Å². The number of anilines is 2. The maximum atomic E-state index is 14.0. The van der Waals surface area contributed by atoms with Gasteiger partial charge in [-0.15, -0.1) is 0 Å². The minimum atomic E-state index is -1.31. The number of ether oxygens (including phenoxy) is 1. The summed E-state index contributed by atoms with van der Waals surface area (Å²) in [5.41, 5.74) is 0.118. The van der Waals surface area contributed by atoms with Gasteiger partial charge in [-0.3, -0.25) is 38.5 Å². The maximum absolute atomic E-state index is 14.0. The maximum Gasteiger partial charge on any atom is 0.338 e. The number of halogens is 5. The van der Waals surface area contributed by atoms with E-state index in [2.05, 4.69) is 27.0 Å². The molecule has 6 amide bonds. The molecule has 2 saturated carbocycles. The molecule has 2 aromatic rings. The molecule has 2 aromatic carbocycles. The molecule has 0 spiro atoms. The molecule has 0 atom stereocenters. The number of rotatable bonds is 6. The number of amides is 6. The van der Waals surface area contributed by atoms with E-state index in [1.54, 1.807) is 18.2 Å². The molecule has 3 fully saturated rings. The largest absolute Gasteiger partial charge is 0.481 e. The fraction of sp³-hybridized carbons (Fsp3) is 0.344. The standard InChI is InChI=1S/C13H10FIN2O3.C10H10FIN2O.C4H6O3.C3H4O4.C2H3ClO/c14-9-5-7(15)1-4-10(9)17-12(19)6-11(18)16(13(17)20)8-2-3-8;11-8-5-6(12)1-4-9(8)14-10(15)13-7-2-3-7;1-3(5)7-4(2)6;4-2(5)1-3(6)7;1-2(3)4/h1,4-5,8H,2-3,6H2;1,4-5,7H,2-3H2,(H2,13,14,15);1-2H3;1H2,(H,4,5)(H,6,7);1H3. The Labute approximate surface area is 333 Å². The Morgan fingerprint density at radius 3 is 1.70 bits per heavy atom. The van der Waals surface area contributed by atoms with Crippen LogP contribution in [-0.2, 0) is 38.3 Å². The van der Waals surface area contributed by atoms with Crippen molar-refractivity contribution >= 4 is 121 Å². The first-order valence-electron chi connectivity index (χ1n) is 15.1. The number of nitrogens with one attached hydrogen (secondary N) is 2. The summed E-state index contributed by atoms with van der Waals surface area (Å²) in [5.74, 6) is -5.99. The summed E-state index contributed by atoms with van der Waals surface area (Å²) in [4.78, 5) is 96.9. The molecule has 16 nitrogen and oxygen atoms in total.